The summed E-state index contributed by atoms with van der Waals surface area (Å²) < 4.78 is 0. The molecule has 0 saturated heterocycles. The first-order valence-corrected chi connectivity index (χ1v) is 19.8. The average molecular weight is 457 g/mol. The molecule has 1 saturated carbocycles. The second-order valence-electron chi connectivity index (χ2n) is 12.6. The summed E-state index contributed by atoms with van der Waals surface area (Å²) in [7, 11) is -2.75. The number of benzene rings is 2. The highest BCUT2D eigenvalue weighted by Gasteiger charge is 2.48. The van der Waals surface area contributed by atoms with Crippen molar-refractivity contribution >= 4 is 26.5 Å². The number of hydrogen-bond donors (Lipinski definition) is 0. The van der Waals surface area contributed by atoms with Crippen molar-refractivity contribution < 1.29 is 0 Å². The van der Waals surface area contributed by atoms with Crippen LogP contribution in [0.3, 0.4) is 0 Å². The third-order valence-electron chi connectivity index (χ3n) is 8.46. The first kappa shape index (κ1) is 22.2. The van der Waals surface area contributed by atoms with Crippen LogP contribution >= 0.6 is 0 Å². The van der Waals surface area contributed by atoms with E-state index in [1.807, 2.05) is 0 Å². The molecular weight excluding hydrogens is 417 g/mol. The Kier molecular flexibility index (Phi) is 5.33. The minimum atomic E-state index is -1.38. The van der Waals surface area contributed by atoms with Crippen molar-refractivity contribution in [2.24, 2.45) is 5.41 Å². The van der Waals surface area contributed by atoms with Gasteiger partial charge in [-0.25, -0.2) is 0 Å². The van der Waals surface area contributed by atoms with Crippen molar-refractivity contribution in [3.8, 4) is 11.1 Å². The maximum absolute atomic E-state index is 2.65. The molecule has 0 nitrogen and oxygen atoms in total. The summed E-state index contributed by atoms with van der Waals surface area (Å²) in [4.78, 5) is 0. The van der Waals surface area contributed by atoms with Gasteiger partial charge in [0.25, 0.3) is 0 Å². The topological polar surface area (TPSA) is 0 Å². The molecular formula is C30H40Si2. The second-order valence-corrected chi connectivity index (χ2v) is 22.7. The second kappa shape index (κ2) is 7.70. The number of allylic oxidation sites excluding steroid dienone is 4. The van der Waals surface area contributed by atoms with E-state index < -0.39 is 16.1 Å². The SMILES string of the molecule is C[Si](C)(C)c1ccc2c(c1)C(C1(C3=CC=CC3)CCCCC1)c1cc([Si](C)(C)C)ccc1-2. The minimum Gasteiger partial charge on any atom is -0.0804 e. The van der Waals surface area contributed by atoms with Crippen LogP contribution in [0, 0.1) is 5.41 Å². The van der Waals surface area contributed by atoms with E-state index in [1.54, 1.807) is 27.1 Å². The molecule has 0 aromatic heterocycles. The lowest BCUT2D eigenvalue weighted by atomic mass is 9.59. The summed E-state index contributed by atoms with van der Waals surface area (Å²) in [6, 6.07) is 15.2. The lowest BCUT2D eigenvalue weighted by molar-refractivity contribution is 0.209. The molecule has 2 heteroatoms. The highest BCUT2D eigenvalue weighted by molar-refractivity contribution is 6.89. The fraction of sp³-hybridized carbons (Fsp3) is 0.467. The molecule has 3 aliphatic carbocycles. The Labute approximate surface area is 197 Å². The van der Waals surface area contributed by atoms with E-state index in [2.05, 4.69) is 93.9 Å². The monoisotopic (exact) mass is 456 g/mol. The van der Waals surface area contributed by atoms with E-state index in [1.165, 1.54) is 43.2 Å². The first-order chi connectivity index (χ1) is 15.1. The van der Waals surface area contributed by atoms with Crippen molar-refractivity contribution in [1.29, 1.82) is 0 Å². The molecule has 0 N–H and O–H groups in total. The van der Waals surface area contributed by atoms with Crippen LogP contribution in [0.5, 0.6) is 0 Å². The zero-order valence-electron chi connectivity index (χ0n) is 21.0. The predicted molar refractivity (Wildman–Crippen MR) is 147 cm³/mol. The molecule has 0 bridgehead atoms. The molecule has 0 heterocycles. The lowest BCUT2D eigenvalue weighted by Crippen LogP contribution is -2.39. The molecule has 0 radical (unpaired) electrons. The van der Waals surface area contributed by atoms with Crippen LogP contribution in [0.2, 0.25) is 39.3 Å². The zero-order valence-corrected chi connectivity index (χ0v) is 23.0. The highest BCUT2D eigenvalue weighted by Crippen LogP contribution is 2.61. The van der Waals surface area contributed by atoms with E-state index in [0.717, 1.165) is 6.42 Å². The molecule has 0 aliphatic heterocycles. The quantitative estimate of drug-likeness (QED) is 0.413. The van der Waals surface area contributed by atoms with Gasteiger partial charge in [0, 0.05) is 11.3 Å². The summed E-state index contributed by atoms with van der Waals surface area (Å²) in [6.45, 7) is 15.0. The normalized spacial score (nSPS) is 20.2. The fourth-order valence-electron chi connectivity index (χ4n) is 6.58. The van der Waals surface area contributed by atoms with Gasteiger partial charge in [-0.05, 0) is 41.5 Å². The van der Waals surface area contributed by atoms with Crippen LogP contribution in [0.4, 0.5) is 0 Å². The van der Waals surface area contributed by atoms with Gasteiger partial charge in [0.1, 0.15) is 0 Å². The van der Waals surface area contributed by atoms with E-state index in [0.29, 0.717) is 5.92 Å². The van der Waals surface area contributed by atoms with E-state index in [-0.39, 0.29) is 5.41 Å². The molecule has 168 valence electrons. The van der Waals surface area contributed by atoms with Gasteiger partial charge in [-0.15, -0.1) is 0 Å². The van der Waals surface area contributed by atoms with Gasteiger partial charge in [-0.2, -0.15) is 0 Å². The van der Waals surface area contributed by atoms with Crippen molar-refractivity contribution in [3.63, 3.8) is 0 Å². The summed E-state index contributed by atoms with van der Waals surface area (Å²) in [6.07, 6.45) is 15.2. The molecule has 0 atom stereocenters. The Morgan fingerprint density at radius 1 is 0.719 bits per heavy atom. The van der Waals surface area contributed by atoms with Crippen LogP contribution in [0.1, 0.15) is 55.6 Å². The van der Waals surface area contributed by atoms with Crippen LogP contribution < -0.4 is 10.4 Å². The van der Waals surface area contributed by atoms with E-state index in [9.17, 15) is 0 Å². The number of rotatable bonds is 4. The van der Waals surface area contributed by atoms with Gasteiger partial charge in [0.2, 0.25) is 0 Å². The van der Waals surface area contributed by atoms with Gasteiger partial charge < -0.3 is 0 Å². The number of fused-ring (bicyclic) bond motifs is 3. The third kappa shape index (κ3) is 3.55. The van der Waals surface area contributed by atoms with Crippen LogP contribution in [-0.2, 0) is 0 Å². The zero-order chi connectivity index (χ0) is 22.7. The molecule has 0 unspecified atom stereocenters. The summed E-state index contributed by atoms with van der Waals surface area (Å²) >= 11 is 0. The van der Waals surface area contributed by atoms with E-state index in [4.69, 9.17) is 0 Å². The maximum Gasteiger partial charge on any atom is 0.0776 e. The third-order valence-corrected chi connectivity index (χ3v) is 12.5. The highest BCUT2D eigenvalue weighted by atomic mass is 28.3. The Morgan fingerprint density at radius 2 is 1.25 bits per heavy atom. The Morgan fingerprint density at radius 3 is 1.69 bits per heavy atom. The van der Waals surface area contributed by atoms with Crippen molar-refractivity contribution in [2.45, 2.75) is 83.7 Å². The van der Waals surface area contributed by atoms with Crippen LogP contribution in [0.25, 0.3) is 11.1 Å². The standard InChI is InChI=1S/C30H40Si2/c1-31(2,3)23-14-16-25-26-17-15-24(32(4,5)6)21-28(26)29(27(25)20-23)30(18-10-7-11-19-30)22-12-8-9-13-22/h8-9,12,14-17,20-21,29H,7,10-11,13,18-19H2,1-6H3. The van der Waals surface area contributed by atoms with Gasteiger partial charge in [-0.3, -0.25) is 0 Å². The molecule has 2 aromatic rings. The van der Waals surface area contributed by atoms with E-state index >= 15 is 0 Å². The first-order valence-electron chi connectivity index (χ1n) is 12.8. The summed E-state index contributed by atoms with van der Waals surface area (Å²) in [5.74, 6) is 0.520. The maximum atomic E-state index is 2.65. The van der Waals surface area contributed by atoms with Gasteiger partial charge in [0.15, 0.2) is 0 Å². The Bertz CT molecular complexity index is 1040. The summed E-state index contributed by atoms with van der Waals surface area (Å²) in [5, 5.41) is 3.23. The largest absolute Gasteiger partial charge is 0.0804 e. The van der Waals surface area contributed by atoms with Crippen LogP contribution in [0.15, 0.2) is 60.2 Å². The molecule has 1 fully saturated rings. The Hall–Kier alpha value is -1.65. The van der Waals surface area contributed by atoms with Crippen molar-refractivity contribution in [2.75, 3.05) is 0 Å². The van der Waals surface area contributed by atoms with Gasteiger partial charge in [0.05, 0.1) is 16.1 Å². The Balaban J connectivity index is 1.77. The predicted octanol–water partition coefficient (Wildman–Crippen LogP) is 7.73. The fourth-order valence-corrected chi connectivity index (χ4v) is 8.93. The van der Waals surface area contributed by atoms with Gasteiger partial charge >= 0.3 is 0 Å². The lowest BCUT2D eigenvalue weighted by Gasteiger charge is -2.45. The molecule has 32 heavy (non-hydrogen) atoms. The van der Waals surface area contributed by atoms with Gasteiger partial charge in [-0.1, -0.05) is 129 Å². The number of hydrogen-bond acceptors (Lipinski definition) is 0. The van der Waals surface area contributed by atoms with Crippen LogP contribution in [-0.4, -0.2) is 16.1 Å². The molecule has 0 amide bonds. The smallest absolute Gasteiger partial charge is 0.0776 e. The van der Waals surface area contributed by atoms with Crippen molar-refractivity contribution in [3.05, 3.63) is 71.3 Å². The molecule has 0 spiro atoms. The average Bonchev–Trinajstić information content (AvgIpc) is 3.39. The minimum absolute atomic E-state index is 0.290. The molecule has 5 rings (SSSR count). The molecule has 2 aromatic carbocycles. The van der Waals surface area contributed by atoms with Crippen molar-refractivity contribution in [1.82, 2.24) is 0 Å². The summed E-state index contributed by atoms with van der Waals surface area (Å²) in [5.41, 5.74) is 8.32. The molecule has 3 aliphatic rings.